The van der Waals surface area contributed by atoms with Gasteiger partial charge >= 0.3 is 0 Å². The molecule has 0 bridgehead atoms. The van der Waals surface area contributed by atoms with Gasteiger partial charge in [-0.3, -0.25) is 4.68 Å². The van der Waals surface area contributed by atoms with Crippen molar-refractivity contribution in [1.82, 2.24) is 15.1 Å². The number of nitrogens with one attached hydrogen (secondary N) is 1. The molecular weight excluding hydrogens is 241 g/mol. The molecule has 1 aromatic heterocycles. The maximum atomic E-state index is 13.5. The van der Waals surface area contributed by atoms with Gasteiger partial charge in [0.25, 0.3) is 0 Å². The molecule has 0 amide bonds. The van der Waals surface area contributed by atoms with E-state index in [0.717, 1.165) is 29.8 Å². The van der Waals surface area contributed by atoms with Gasteiger partial charge in [-0.15, -0.1) is 0 Å². The van der Waals surface area contributed by atoms with Crippen LogP contribution < -0.4 is 5.32 Å². The molecule has 102 valence electrons. The van der Waals surface area contributed by atoms with E-state index in [9.17, 15) is 4.39 Å². The van der Waals surface area contributed by atoms with E-state index in [-0.39, 0.29) is 11.9 Å². The number of hydrogen-bond acceptors (Lipinski definition) is 2. The highest BCUT2D eigenvalue weighted by Crippen LogP contribution is 2.25. The Bertz CT molecular complexity index is 548. The van der Waals surface area contributed by atoms with Crippen molar-refractivity contribution in [2.45, 2.75) is 32.9 Å². The molecule has 19 heavy (non-hydrogen) atoms. The van der Waals surface area contributed by atoms with E-state index in [2.05, 4.69) is 17.3 Å². The molecule has 4 heteroatoms. The standard InChI is InChI=1S/C15H20FN3/c1-4-9-19-14(7-8-18-19)15(17-3)13-10-12(16)6-5-11(13)2/h5-8,10,15,17H,4,9H2,1-3H3. The Kier molecular flexibility index (Phi) is 4.32. The number of benzene rings is 1. The molecule has 1 atom stereocenters. The van der Waals surface area contributed by atoms with Crippen molar-refractivity contribution in [2.75, 3.05) is 7.05 Å². The number of rotatable bonds is 5. The van der Waals surface area contributed by atoms with Crippen LogP contribution in [0.25, 0.3) is 0 Å². The summed E-state index contributed by atoms with van der Waals surface area (Å²) in [7, 11) is 1.89. The Balaban J connectivity index is 2.44. The first-order valence-electron chi connectivity index (χ1n) is 6.62. The SMILES string of the molecule is CCCn1nccc1C(NC)c1cc(F)ccc1C. The van der Waals surface area contributed by atoms with E-state index in [1.54, 1.807) is 12.3 Å². The lowest BCUT2D eigenvalue weighted by molar-refractivity contribution is 0.531. The van der Waals surface area contributed by atoms with E-state index in [0.29, 0.717) is 0 Å². The highest BCUT2D eigenvalue weighted by atomic mass is 19.1. The molecule has 0 spiro atoms. The minimum absolute atomic E-state index is 0.0373. The first-order chi connectivity index (χ1) is 9.17. The van der Waals surface area contributed by atoms with Crippen molar-refractivity contribution in [3.63, 3.8) is 0 Å². The number of halogens is 1. The highest BCUT2D eigenvalue weighted by Gasteiger charge is 2.18. The van der Waals surface area contributed by atoms with Crippen LogP contribution in [0.1, 0.15) is 36.2 Å². The van der Waals surface area contributed by atoms with Gasteiger partial charge in [0, 0.05) is 12.7 Å². The molecule has 0 aliphatic carbocycles. The fourth-order valence-electron chi connectivity index (χ4n) is 2.37. The lowest BCUT2D eigenvalue weighted by Crippen LogP contribution is -2.22. The van der Waals surface area contributed by atoms with Gasteiger partial charge in [0.1, 0.15) is 5.82 Å². The van der Waals surface area contributed by atoms with Gasteiger partial charge in [-0.25, -0.2) is 4.39 Å². The van der Waals surface area contributed by atoms with Crippen molar-refractivity contribution in [2.24, 2.45) is 0 Å². The first kappa shape index (κ1) is 13.7. The summed E-state index contributed by atoms with van der Waals surface area (Å²) in [5.74, 6) is -0.206. The molecule has 2 aromatic rings. The smallest absolute Gasteiger partial charge is 0.123 e. The van der Waals surface area contributed by atoms with E-state index in [4.69, 9.17) is 0 Å². The van der Waals surface area contributed by atoms with Crippen LogP contribution >= 0.6 is 0 Å². The molecular formula is C15H20FN3. The zero-order valence-corrected chi connectivity index (χ0v) is 11.7. The number of aryl methyl sites for hydroxylation is 2. The van der Waals surface area contributed by atoms with E-state index < -0.39 is 0 Å². The number of hydrogen-bond donors (Lipinski definition) is 1. The van der Waals surface area contributed by atoms with Crippen molar-refractivity contribution in [3.05, 3.63) is 53.1 Å². The van der Waals surface area contributed by atoms with Crippen LogP contribution in [0.2, 0.25) is 0 Å². The third-order valence-corrected chi connectivity index (χ3v) is 3.32. The minimum Gasteiger partial charge on any atom is -0.308 e. The van der Waals surface area contributed by atoms with Gasteiger partial charge in [0.15, 0.2) is 0 Å². The quantitative estimate of drug-likeness (QED) is 0.896. The monoisotopic (exact) mass is 261 g/mol. The van der Waals surface area contributed by atoms with Gasteiger partial charge < -0.3 is 5.32 Å². The van der Waals surface area contributed by atoms with E-state index in [1.165, 1.54) is 6.07 Å². The second-order valence-electron chi connectivity index (χ2n) is 4.70. The van der Waals surface area contributed by atoms with Gasteiger partial charge in [-0.1, -0.05) is 13.0 Å². The highest BCUT2D eigenvalue weighted by molar-refractivity contribution is 5.34. The van der Waals surface area contributed by atoms with Crippen molar-refractivity contribution in [3.8, 4) is 0 Å². The maximum absolute atomic E-state index is 13.5. The van der Waals surface area contributed by atoms with Gasteiger partial charge in [-0.05, 0) is 49.7 Å². The molecule has 0 saturated carbocycles. The van der Waals surface area contributed by atoms with Crippen LogP contribution in [0.4, 0.5) is 4.39 Å². The summed E-state index contributed by atoms with van der Waals surface area (Å²) in [6.07, 6.45) is 2.82. The predicted octanol–water partition coefficient (Wildman–Crippen LogP) is 3.05. The Morgan fingerprint density at radius 1 is 1.37 bits per heavy atom. The van der Waals surface area contributed by atoms with Gasteiger partial charge in [0.2, 0.25) is 0 Å². The largest absolute Gasteiger partial charge is 0.308 e. The molecule has 1 unspecified atom stereocenters. The maximum Gasteiger partial charge on any atom is 0.123 e. The molecule has 0 aliphatic heterocycles. The second kappa shape index (κ2) is 5.97. The van der Waals surface area contributed by atoms with Crippen molar-refractivity contribution >= 4 is 0 Å². The summed E-state index contributed by atoms with van der Waals surface area (Å²) in [4.78, 5) is 0. The van der Waals surface area contributed by atoms with Gasteiger partial charge in [-0.2, -0.15) is 5.10 Å². The van der Waals surface area contributed by atoms with Crippen LogP contribution in [0, 0.1) is 12.7 Å². The predicted molar refractivity (Wildman–Crippen MR) is 74.6 cm³/mol. The van der Waals surface area contributed by atoms with Crippen LogP contribution in [0.5, 0.6) is 0 Å². The van der Waals surface area contributed by atoms with Crippen LogP contribution in [-0.2, 0) is 6.54 Å². The molecule has 0 aliphatic rings. The summed E-state index contributed by atoms with van der Waals surface area (Å²) in [5, 5.41) is 7.60. The second-order valence-corrected chi connectivity index (χ2v) is 4.70. The lowest BCUT2D eigenvalue weighted by Gasteiger charge is -2.20. The topological polar surface area (TPSA) is 29.9 Å². The average molecular weight is 261 g/mol. The fourth-order valence-corrected chi connectivity index (χ4v) is 2.37. The Labute approximate surface area is 113 Å². The lowest BCUT2D eigenvalue weighted by atomic mass is 9.98. The number of aromatic nitrogens is 2. The first-order valence-corrected chi connectivity index (χ1v) is 6.62. The molecule has 1 heterocycles. The molecule has 2 rings (SSSR count). The summed E-state index contributed by atoms with van der Waals surface area (Å²) in [6, 6.07) is 6.86. The average Bonchev–Trinajstić information content (AvgIpc) is 2.83. The Morgan fingerprint density at radius 2 is 2.16 bits per heavy atom. The zero-order valence-electron chi connectivity index (χ0n) is 11.7. The normalized spacial score (nSPS) is 12.6. The number of nitrogens with zero attached hydrogens (tertiary/aromatic N) is 2. The van der Waals surface area contributed by atoms with E-state index >= 15 is 0 Å². The molecule has 1 aromatic carbocycles. The molecule has 3 nitrogen and oxygen atoms in total. The van der Waals surface area contributed by atoms with Crippen molar-refractivity contribution in [1.29, 1.82) is 0 Å². The molecule has 0 saturated heterocycles. The van der Waals surface area contributed by atoms with E-state index in [1.807, 2.05) is 30.8 Å². The molecule has 0 fully saturated rings. The summed E-state index contributed by atoms with van der Waals surface area (Å²) >= 11 is 0. The summed E-state index contributed by atoms with van der Waals surface area (Å²) in [5.41, 5.74) is 3.10. The van der Waals surface area contributed by atoms with Crippen LogP contribution in [-0.4, -0.2) is 16.8 Å². The Morgan fingerprint density at radius 3 is 2.84 bits per heavy atom. The van der Waals surface area contributed by atoms with Crippen LogP contribution in [0.15, 0.2) is 30.5 Å². The van der Waals surface area contributed by atoms with Crippen LogP contribution in [0.3, 0.4) is 0 Å². The summed E-state index contributed by atoms with van der Waals surface area (Å²) in [6.45, 7) is 4.99. The molecule has 0 radical (unpaired) electrons. The third kappa shape index (κ3) is 2.84. The zero-order chi connectivity index (χ0) is 13.8. The summed E-state index contributed by atoms with van der Waals surface area (Å²) < 4.78 is 15.5. The van der Waals surface area contributed by atoms with Gasteiger partial charge in [0.05, 0.1) is 11.7 Å². The fraction of sp³-hybridized carbons (Fsp3) is 0.400. The third-order valence-electron chi connectivity index (χ3n) is 3.32. The molecule has 1 N–H and O–H groups in total. The Hall–Kier alpha value is -1.68. The minimum atomic E-state index is -0.206. The van der Waals surface area contributed by atoms with Crippen molar-refractivity contribution < 1.29 is 4.39 Å².